The molecule has 1 heterocycles. The van der Waals surface area contributed by atoms with Crippen LogP contribution in [0.5, 0.6) is 0 Å². The van der Waals surface area contributed by atoms with Crippen LogP contribution in [0.2, 0.25) is 0 Å². The fraction of sp³-hybridized carbons (Fsp3) is 0.308. The first kappa shape index (κ1) is 20.8. The number of hydrogen-bond donors (Lipinski definition) is 1. The van der Waals surface area contributed by atoms with Gasteiger partial charge in [0.05, 0.1) is 38.6 Å². The number of benzene rings is 3. The Balaban J connectivity index is 1.35. The highest BCUT2D eigenvalue weighted by atomic mass is 16.5. The third-order valence-electron chi connectivity index (χ3n) is 5.35. The molecule has 4 heteroatoms. The Morgan fingerprint density at radius 3 is 1.70 bits per heavy atom. The molecule has 1 aliphatic rings. The molecule has 0 aliphatic carbocycles. The van der Waals surface area contributed by atoms with Crippen LogP contribution in [0.1, 0.15) is 16.7 Å². The molecule has 0 saturated carbocycles. The maximum absolute atomic E-state index is 6.34. The van der Waals surface area contributed by atoms with Crippen molar-refractivity contribution in [2.24, 2.45) is 0 Å². The van der Waals surface area contributed by atoms with Crippen molar-refractivity contribution >= 4 is 0 Å². The summed E-state index contributed by atoms with van der Waals surface area (Å²) in [6, 6.07) is 30.9. The fourth-order valence-corrected chi connectivity index (χ4v) is 3.71. The van der Waals surface area contributed by atoms with Gasteiger partial charge in [0.2, 0.25) is 0 Å². The molecular weight excluding hydrogens is 374 g/mol. The Morgan fingerprint density at radius 1 is 0.633 bits per heavy atom. The number of nitrogens with one attached hydrogen (secondary N) is 1. The van der Waals surface area contributed by atoms with Crippen LogP contribution in [-0.2, 0) is 34.0 Å². The summed E-state index contributed by atoms with van der Waals surface area (Å²) in [6.07, 6.45) is -0.0797. The lowest BCUT2D eigenvalue weighted by molar-refractivity contribution is -0.0786. The Labute approximate surface area is 178 Å². The van der Waals surface area contributed by atoms with E-state index in [4.69, 9.17) is 14.2 Å². The van der Waals surface area contributed by atoms with Crippen LogP contribution in [-0.4, -0.2) is 31.4 Å². The Bertz CT molecular complexity index is 857. The van der Waals surface area contributed by atoms with Crippen molar-refractivity contribution in [3.63, 3.8) is 0 Å². The van der Waals surface area contributed by atoms with E-state index in [1.807, 2.05) is 54.6 Å². The van der Waals surface area contributed by atoms with Crippen LogP contribution in [0.25, 0.3) is 0 Å². The van der Waals surface area contributed by atoms with Gasteiger partial charge in [-0.2, -0.15) is 0 Å². The first-order valence-corrected chi connectivity index (χ1v) is 10.5. The van der Waals surface area contributed by atoms with Crippen molar-refractivity contribution in [3.05, 3.63) is 108 Å². The molecule has 1 fully saturated rings. The molecule has 0 spiro atoms. The predicted molar refractivity (Wildman–Crippen MR) is 118 cm³/mol. The Morgan fingerprint density at radius 2 is 1.13 bits per heavy atom. The molecule has 0 aromatic heterocycles. The van der Waals surface area contributed by atoms with Crippen molar-refractivity contribution in [2.45, 2.75) is 38.1 Å². The molecule has 0 radical (unpaired) electrons. The number of ether oxygens (including phenoxy) is 3. The van der Waals surface area contributed by atoms with Gasteiger partial charge >= 0.3 is 0 Å². The van der Waals surface area contributed by atoms with E-state index < -0.39 is 0 Å². The van der Waals surface area contributed by atoms with Gasteiger partial charge in [-0.3, -0.25) is 0 Å². The first-order valence-electron chi connectivity index (χ1n) is 10.5. The monoisotopic (exact) mass is 403 g/mol. The van der Waals surface area contributed by atoms with Crippen LogP contribution >= 0.6 is 0 Å². The van der Waals surface area contributed by atoms with E-state index in [-0.39, 0.29) is 18.2 Å². The summed E-state index contributed by atoms with van der Waals surface area (Å²) in [4.78, 5) is 0. The number of hydrogen-bond acceptors (Lipinski definition) is 4. The molecular formula is C26H29NO3. The second-order valence-electron chi connectivity index (χ2n) is 7.61. The second kappa shape index (κ2) is 11.0. The normalized spacial score (nSPS) is 21.0. The van der Waals surface area contributed by atoms with Crippen LogP contribution in [0.3, 0.4) is 0 Å². The van der Waals surface area contributed by atoms with Gasteiger partial charge in [0, 0.05) is 6.54 Å². The van der Waals surface area contributed by atoms with E-state index >= 15 is 0 Å². The van der Waals surface area contributed by atoms with Crippen LogP contribution < -0.4 is 5.32 Å². The minimum Gasteiger partial charge on any atom is -0.375 e. The SMILES string of the molecule is c1ccc(COCC2NC[C@H](OCc3ccccc3)[C@H]2OCc2ccccc2)cc1. The maximum atomic E-state index is 6.34. The molecule has 3 aromatic carbocycles. The number of rotatable bonds is 10. The van der Waals surface area contributed by atoms with E-state index in [0.717, 1.165) is 12.1 Å². The molecule has 1 unspecified atom stereocenters. The van der Waals surface area contributed by atoms with Gasteiger partial charge in [-0.15, -0.1) is 0 Å². The van der Waals surface area contributed by atoms with E-state index in [2.05, 4.69) is 41.7 Å². The summed E-state index contributed by atoms with van der Waals surface area (Å²) in [5.41, 5.74) is 3.51. The topological polar surface area (TPSA) is 39.7 Å². The van der Waals surface area contributed by atoms with Crippen molar-refractivity contribution < 1.29 is 14.2 Å². The highest BCUT2D eigenvalue weighted by Crippen LogP contribution is 2.20. The standard InChI is InChI=1S/C26H29NO3/c1-4-10-21(11-5-1)17-28-20-24-26(30-19-23-14-8-3-9-15-23)25(16-27-24)29-18-22-12-6-2-7-13-22/h1-15,24-27H,16-20H2/t24?,25-,26-/m0/s1. The van der Waals surface area contributed by atoms with Crippen molar-refractivity contribution in [2.75, 3.05) is 13.2 Å². The lowest BCUT2D eigenvalue weighted by Crippen LogP contribution is -2.39. The van der Waals surface area contributed by atoms with Crippen molar-refractivity contribution in [1.29, 1.82) is 0 Å². The molecule has 1 saturated heterocycles. The van der Waals surface area contributed by atoms with Gasteiger partial charge < -0.3 is 19.5 Å². The average Bonchev–Trinajstić information content (AvgIpc) is 3.20. The summed E-state index contributed by atoms with van der Waals surface area (Å²) >= 11 is 0. The van der Waals surface area contributed by atoms with Crippen LogP contribution in [0.15, 0.2) is 91.0 Å². The fourth-order valence-electron chi connectivity index (χ4n) is 3.71. The van der Waals surface area contributed by atoms with Gasteiger partial charge in [0.25, 0.3) is 0 Å². The van der Waals surface area contributed by atoms with E-state index in [9.17, 15) is 0 Å². The minimum atomic E-state index is -0.0651. The van der Waals surface area contributed by atoms with Crippen LogP contribution in [0, 0.1) is 0 Å². The van der Waals surface area contributed by atoms with Crippen molar-refractivity contribution in [1.82, 2.24) is 5.32 Å². The smallest absolute Gasteiger partial charge is 0.103 e. The molecule has 3 atom stereocenters. The third-order valence-corrected chi connectivity index (χ3v) is 5.35. The second-order valence-corrected chi connectivity index (χ2v) is 7.61. The molecule has 3 aromatic rings. The average molecular weight is 404 g/mol. The summed E-state index contributed by atoms with van der Waals surface area (Å²) in [6.45, 7) is 3.08. The third kappa shape index (κ3) is 6.00. The highest BCUT2D eigenvalue weighted by molar-refractivity contribution is 5.15. The lowest BCUT2D eigenvalue weighted by atomic mass is 10.1. The largest absolute Gasteiger partial charge is 0.375 e. The molecule has 4 nitrogen and oxygen atoms in total. The van der Waals surface area contributed by atoms with E-state index in [0.29, 0.717) is 26.4 Å². The zero-order valence-corrected chi connectivity index (χ0v) is 17.2. The van der Waals surface area contributed by atoms with Crippen LogP contribution in [0.4, 0.5) is 0 Å². The molecule has 1 N–H and O–H groups in total. The molecule has 1 aliphatic heterocycles. The summed E-state index contributed by atoms with van der Waals surface area (Å²) in [7, 11) is 0. The maximum Gasteiger partial charge on any atom is 0.103 e. The molecule has 0 amide bonds. The zero-order valence-electron chi connectivity index (χ0n) is 17.2. The summed E-state index contributed by atoms with van der Waals surface area (Å²) < 4.78 is 18.6. The van der Waals surface area contributed by atoms with Crippen molar-refractivity contribution in [3.8, 4) is 0 Å². The Hall–Kier alpha value is -2.50. The van der Waals surface area contributed by atoms with Gasteiger partial charge in [-0.05, 0) is 16.7 Å². The predicted octanol–water partition coefficient (Wildman–Crippen LogP) is 4.35. The lowest BCUT2D eigenvalue weighted by Gasteiger charge is -2.25. The Kier molecular flexibility index (Phi) is 7.64. The molecule has 0 bridgehead atoms. The zero-order chi connectivity index (χ0) is 20.4. The first-order chi connectivity index (χ1) is 14.9. The quantitative estimate of drug-likeness (QED) is 0.546. The minimum absolute atomic E-state index is 0.0146. The van der Waals surface area contributed by atoms with Gasteiger partial charge in [-0.1, -0.05) is 91.0 Å². The molecule has 156 valence electrons. The van der Waals surface area contributed by atoms with Gasteiger partial charge in [0.1, 0.15) is 6.10 Å². The van der Waals surface area contributed by atoms with E-state index in [1.54, 1.807) is 0 Å². The summed E-state index contributed by atoms with van der Waals surface area (Å²) in [5.74, 6) is 0. The van der Waals surface area contributed by atoms with E-state index in [1.165, 1.54) is 11.1 Å². The molecule has 4 rings (SSSR count). The summed E-state index contributed by atoms with van der Waals surface area (Å²) in [5, 5.41) is 3.54. The molecule has 30 heavy (non-hydrogen) atoms. The highest BCUT2D eigenvalue weighted by Gasteiger charge is 2.37. The van der Waals surface area contributed by atoms with Gasteiger partial charge in [0.15, 0.2) is 0 Å². The van der Waals surface area contributed by atoms with Gasteiger partial charge in [-0.25, -0.2) is 0 Å².